The number of nitrogens with zero attached hydrogens (tertiary/aromatic N) is 2. The molecule has 1 amide bonds. The van der Waals surface area contributed by atoms with Gasteiger partial charge in [-0.2, -0.15) is 0 Å². The highest BCUT2D eigenvalue weighted by molar-refractivity contribution is 5.91. The third kappa shape index (κ3) is 4.83. The molecule has 0 bridgehead atoms. The predicted octanol–water partition coefficient (Wildman–Crippen LogP) is 2.62. The average molecular weight is 288 g/mol. The van der Waals surface area contributed by atoms with Gasteiger partial charge in [0.1, 0.15) is 11.6 Å². The van der Waals surface area contributed by atoms with Crippen molar-refractivity contribution in [2.45, 2.75) is 26.3 Å². The van der Waals surface area contributed by atoms with Crippen LogP contribution in [0.4, 0.5) is 16.0 Å². The summed E-state index contributed by atoms with van der Waals surface area (Å²) in [6.07, 6.45) is 0.0887. The van der Waals surface area contributed by atoms with Gasteiger partial charge in [-0.3, -0.25) is 4.79 Å². The van der Waals surface area contributed by atoms with E-state index in [1.807, 2.05) is 13.8 Å². The maximum absolute atomic E-state index is 13.0. The van der Waals surface area contributed by atoms with Crippen molar-refractivity contribution < 1.29 is 9.18 Å². The van der Waals surface area contributed by atoms with Gasteiger partial charge in [-0.1, -0.05) is 12.1 Å². The summed E-state index contributed by atoms with van der Waals surface area (Å²) in [6.45, 7) is 3.99. The number of nitrogens with one attached hydrogen (secondary N) is 2. The lowest BCUT2D eigenvalue weighted by Gasteiger charge is -2.09. The molecule has 6 heteroatoms. The van der Waals surface area contributed by atoms with Crippen LogP contribution in [0.25, 0.3) is 0 Å². The number of halogens is 1. The van der Waals surface area contributed by atoms with Gasteiger partial charge in [0.2, 0.25) is 5.91 Å². The first-order valence-corrected chi connectivity index (χ1v) is 6.67. The van der Waals surface area contributed by atoms with E-state index in [0.717, 1.165) is 0 Å². The Kier molecular flexibility index (Phi) is 4.81. The summed E-state index contributed by atoms with van der Waals surface area (Å²) in [4.78, 5) is 11.8. The summed E-state index contributed by atoms with van der Waals surface area (Å²) in [5.74, 6) is 0.391. The van der Waals surface area contributed by atoms with Crippen LogP contribution in [0.15, 0.2) is 36.4 Å². The molecule has 0 spiro atoms. The Labute approximate surface area is 122 Å². The number of carbonyl (C=O) groups is 1. The molecular weight excluding hydrogens is 271 g/mol. The zero-order valence-electron chi connectivity index (χ0n) is 11.9. The van der Waals surface area contributed by atoms with Gasteiger partial charge >= 0.3 is 0 Å². The van der Waals surface area contributed by atoms with Crippen LogP contribution >= 0.6 is 0 Å². The summed E-state index contributed by atoms with van der Waals surface area (Å²) < 4.78 is 13.0. The number of rotatable bonds is 5. The lowest BCUT2D eigenvalue weighted by molar-refractivity contribution is -0.115. The van der Waals surface area contributed by atoms with E-state index in [0.29, 0.717) is 17.2 Å². The van der Waals surface area contributed by atoms with E-state index < -0.39 is 0 Å². The zero-order valence-corrected chi connectivity index (χ0v) is 11.9. The third-order valence-electron chi connectivity index (χ3n) is 2.62. The minimum atomic E-state index is -0.357. The van der Waals surface area contributed by atoms with Crippen molar-refractivity contribution in [3.05, 3.63) is 47.8 Å². The number of benzene rings is 1. The Bertz CT molecular complexity index is 613. The Morgan fingerprint density at radius 1 is 1.19 bits per heavy atom. The van der Waals surface area contributed by atoms with Gasteiger partial charge in [0.05, 0.1) is 6.42 Å². The highest BCUT2D eigenvalue weighted by Crippen LogP contribution is 2.09. The molecule has 1 aromatic heterocycles. The summed E-state index contributed by atoms with van der Waals surface area (Å²) in [5, 5.41) is 13.6. The minimum Gasteiger partial charge on any atom is -0.366 e. The topological polar surface area (TPSA) is 66.9 Å². The molecular formula is C15H17FN4O. The molecule has 110 valence electrons. The van der Waals surface area contributed by atoms with Crippen LogP contribution < -0.4 is 10.6 Å². The number of hydrogen-bond donors (Lipinski definition) is 2. The first-order valence-electron chi connectivity index (χ1n) is 6.67. The highest BCUT2D eigenvalue weighted by atomic mass is 19.1. The molecule has 5 nitrogen and oxygen atoms in total. The SMILES string of the molecule is CC(C)Nc1ccc(NC(=O)Cc2cccc(F)c2)nn1. The van der Waals surface area contributed by atoms with E-state index >= 15 is 0 Å². The van der Waals surface area contributed by atoms with Crippen LogP contribution in [-0.2, 0) is 11.2 Å². The van der Waals surface area contributed by atoms with Crippen LogP contribution in [0.2, 0.25) is 0 Å². The molecule has 0 aliphatic rings. The quantitative estimate of drug-likeness (QED) is 0.887. The van der Waals surface area contributed by atoms with Crippen LogP contribution in [0, 0.1) is 5.82 Å². The molecule has 0 radical (unpaired) electrons. The monoisotopic (exact) mass is 288 g/mol. The zero-order chi connectivity index (χ0) is 15.2. The van der Waals surface area contributed by atoms with Gasteiger partial charge in [0, 0.05) is 6.04 Å². The molecule has 1 heterocycles. The number of amides is 1. The molecule has 0 unspecified atom stereocenters. The molecule has 0 saturated heterocycles. The Morgan fingerprint density at radius 3 is 2.52 bits per heavy atom. The standard InChI is InChI=1S/C15H17FN4O/c1-10(2)17-13-6-7-14(20-19-13)18-15(21)9-11-4-3-5-12(16)8-11/h3-8,10H,9H2,1-2H3,(H,17,19)(H,18,20,21). The van der Waals surface area contributed by atoms with E-state index in [1.54, 1.807) is 24.3 Å². The molecule has 0 aliphatic heterocycles. The van der Waals surface area contributed by atoms with Crippen molar-refractivity contribution in [3.8, 4) is 0 Å². The lowest BCUT2D eigenvalue weighted by Crippen LogP contribution is -2.16. The largest absolute Gasteiger partial charge is 0.366 e. The van der Waals surface area contributed by atoms with Crippen LogP contribution in [0.5, 0.6) is 0 Å². The Balaban J connectivity index is 1.93. The first-order chi connectivity index (χ1) is 10.0. The predicted molar refractivity (Wildman–Crippen MR) is 79.5 cm³/mol. The van der Waals surface area contributed by atoms with Crippen LogP contribution in [0.3, 0.4) is 0 Å². The smallest absolute Gasteiger partial charge is 0.229 e. The Hall–Kier alpha value is -2.50. The molecule has 0 saturated carbocycles. The minimum absolute atomic E-state index is 0.0887. The summed E-state index contributed by atoms with van der Waals surface area (Å²) in [7, 11) is 0. The maximum atomic E-state index is 13.0. The molecule has 2 N–H and O–H groups in total. The number of aromatic nitrogens is 2. The summed E-state index contributed by atoms with van der Waals surface area (Å²) in [6, 6.07) is 9.61. The van der Waals surface area contributed by atoms with Gasteiger partial charge in [-0.25, -0.2) is 4.39 Å². The van der Waals surface area contributed by atoms with Crippen molar-refractivity contribution in [2.75, 3.05) is 10.6 Å². The molecule has 0 aliphatic carbocycles. The fourth-order valence-electron chi connectivity index (χ4n) is 1.79. The lowest BCUT2D eigenvalue weighted by atomic mass is 10.1. The molecule has 21 heavy (non-hydrogen) atoms. The summed E-state index contributed by atoms with van der Waals surface area (Å²) >= 11 is 0. The number of carbonyl (C=O) groups excluding carboxylic acids is 1. The van der Waals surface area contributed by atoms with Crippen molar-refractivity contribution in [3.63, 3.8) is 0 Å². The van der Waals surface area contributed by atoms with E-state index in [4.69, 9.17) is 0 Å². The van der Waals surface area contributed by atoms with Gasteiger partial charge in [0.25, 0.3) is 0 Å². The molecule has 0 fully saturated rings. The van der Waals surface area contributed by atoms with Gasteiger partial charge < -0.3 is 10.6 Å². The highest BCUT2D eigenvalue weighted by Gasteiger charge is 2.06. The van der Waals surface area contributed by atoms with E-state index in [9.17, 15) is 9.18 Å². The maximum Gasteiger partial charge on any atom is 0.229 e. The summed E-state index contributed by atoms with van der Waals surface area (Å²) in [5.41, 5.74) is 0.610. The van der Waals surface area contributed by atoms with Gasteiger partial charge in [-0.15, -0.1) is 10.2 Å². The molecule has 2 rings (SSSR count). The third-order valence-corrected chi connectivity index (χ3v) is 2.62. The Morgan fingerprint density at radius 2 is 1.90 bits per heavy atom. The fourth-order valence-corrected chi connectivity index (χ4v) is 1.79. The van der Waals surface area contributed by atoms with Crippen molar-refractivity contribution >= 4 is 17.5 Å². The first kappa shape index (κ1) is 14.9. The van der Waals surface area contributed by atoms with Crippen LogP contribution in [0.1, 0.15) is 19.4 Å². The second-order valence-electron chi connectivity index (χ2n) is 4.96. The van der Waals surface area contributed by atoms with E-state index in [2.05, 4.69) is 20.8 Å². The number of hydrogen-bond acceptors (Lipinski definition) is 4. The van der Waals surface area contributed by atoms with E-state index in [1.165, 1.54) is 12.1 Å². The molecule has 2 aromatic rings. The van der Waals surface area contributed by atoms with E-state index in [-0.39, 0.29) is 24.2 Å². The normalized spacial score (nSPS) is 10.5. The van der Waals surface area contributed by atoms with Crippen molar-refractivity contribution in [1.82, 2.24) is 10.2 Å². The second-order valence-corrected chi connectivity index (χ2v) is 4.96. The fraction of sp³-hybridized carbons (Fsp3) is 0.267. The van der Waals surface area contributed by atoms with Gasteiger partial charge in [-0.05, 0) is 43.7 Å². The van der Waals surface area contributed by atoms with Crippen molar-refractivity contribution in [2.24, 2.45) is 0 Å². The molecule has 1 aromatic carbocycles. The second kappa shape index (κ2) is 6.78. The van der Waals surface area contributed by atoms with Crippen LogP contribution in [-0.4, -0.2) is 22.1 Å². The molecule has 0 atom stereocenters. The average Bonchev–Trinajstić information content (AvgIpc) is 2.40. The van der Waals surface area contributed by atoms with Gasteiger partial charge in [0.15, 0.2) is 5.82 Å². The van der Waals surface area contributed by atoms with Crippen molar-refractivity contribution in [1.29, 1.82) is 0 Å². The number of anilines is 2.